The Balaban J connectivity index is 1.93. The van der Waals surface area contributed by atoms with Crippen molar-refractivity contribution in [2.75, 3.05) is 7.11 Å². The Kier molecular flexibility index (Phi) is 5.26. The number of hydrogen-bond donors (Lipinski definition) is 1. The number of methoxy groups -OCH3 is 1. The van der Waals surface area contributed by atoms with Crippen LogP contribution in [0.3, 0.4) is 0 Å². The Morgan fingerprint density at radius 3 is 2.84 bits per heavy atom. The molecule has 1 aliphatic rings. The first-order valence-corrected chi connectivity index (χ1v) is 7.59. The van der Waals surface area contributed by atoms with Gasteiger partial charge in [0.05, 0.1) is 7.11 Å². The minimum absolute atomic E-state index is 0.397. The van der Waals surface area contributed by atoms with Crippen LogP contribution in [0.5, 0.6) is 5.75 Å². The first-order valence-electron chi connectivity index (χ1n) is 7.59. The van der Waals surface area contributed by atoms with Crippen LogP contribution in [0, 0.1) is 5.92 Å². The molecule has 0 bridgehead atoms. The first kappa shape index (κ1) is 14.4. The quantitative estimate of drug-likeness (QED) is 0.815. The van der Waals surface area contributed by atoms with Crippen molar-refractivity contribution in [1.29, 1.82) is 0 Å². The molecule has 0 spiro atoms. The van der Waals surface area contributed by atoms with Crippen LogP contribution in [0.4, 0.5) is 0 Å². The number of rotatable bonds is 4. The Morgan fingerprint density at radius 1 is 1.21 bits per heavy atom. The minimum Gasteiger partial charge on any atom is -0.497 e. The third-order valence-electron chi connectivity index (χ3n) is 4.34. The molecule has 2 unspecified atom stereocenters. The molecule has 1 saturated carbocycles. The van der Waals surface area contributed by atoms with Gasteiger partial charge in [-0.1, -0.05) is 31.9 Å². The summed E-state index contributed by atoms with van der Waals surface area (Å²) in [5, 5.41) is 3.79. The molecule has 2 rings (SSSR count). The molecule has 1 aromatic carbocycles. The fraction of sp³-hybridized carbons (Fsp3) is 0.647. The summed E-state index contributed by atoms with van der Waals surface area (Å²) < 4.78 is 5.30. The summed E-state index contributed by atoms with van der Waals surface area (Å²) in [6, 6.07) is 9.46. The van der Waals surface area contributed by atoms with Crippen LogP contribution in [-0.4, -0.2) is 13.2 Å². The average Bonchev–Trinajstić information content (AvgIpc) is 2.64. The zero-order valence-corrected chi connectivity index (χ0v) is 12.5. The van der Waals surface area contributed by atoms with E-state index < -0.39 is 0 Å². The monoisotopic (exact) mass is 261 g/mol. The van der Waals surface area contributed by atoms with Crippen molar-refractivity contribution >= 4 is 0 Å². The van der Waals surface area contributed by atoms with Gasteiger partial charge in [-0.3, -0.25) is 0 Å². The Hall–Kier alpha value is -1.02. The van der Waals surface area contributed by atoms with E-state index in [1.54, 1.807) is 7.11 Å². The highest BCUT2D eigenvalue weighted by molar-refractivity contribution is 5.30. The van der Waals surface area contributed by atoms with Crippen LogP contribution < -0.4 is 10.1 Å². The molecule has 1 aromatic rings. The van der Waals surface area contributed by atoms with Crippen molar-refractivity contribution in [2.24, 2.45) is 5.92 Å². The van der Waals surface area contributed by atoms with Gasteiger partial charge in [-0.2, -0.15) is 0 Å². The van der Waals surface area contributed by atoms with Gasteiger partial charge in [-0.25, -0.2) is 0 Å². The molecule has 0 aromatic heterocycles. The fourth-order valence-electron chi connectivity index (χ4n) is 3.01. The van der Waals surface area contributed by atoms with Gasteiger partial charge in [0.25, 0.3) is 0 Å². The maximum atomic E-state index is 5.30. The topological polar surface area (TPSA) is 21.3 Å². The fourth-order valence-corrected chi connectivity index (χ4v) is 3.01. The summed E-state index contributed by atoms with van der Waals surface area (Å²) in [4.78, 5) is 0. The smallest absolute Gasteiger partial charge is 0.119 e. The van der Waals surface area contributed by atoms with Crippen molar-refractivity contribution in [1.82, 2.24) is 5.32 Å². The van der Waals surface area contributed by atoms with E-state index in [-0.39, 0.29) is 0 Å². The Morgan fingerprint density at radius 2 is 2.05 bits per heavy atom. The van der Waals surface area contributed by atoms with Crippen molar-refractivity contribution in [3.05, 3.63) is 29.8 Å². The normalized spacial score (nSPS) is 25.6. The standard InChI is InChI=1S/C17H27NO/c1-13-6-4-8-16(11-10-13)18-14(2)15-7-5-9-17(12-15)19-3/h5,7,9,12-14,16,18H,4,6,8,10-11H2,1-3H3/t13?,14-,16?/m1/s1. The van der Waals surface area contributed by atoms with Gasteiger partial charge in [0.2, 0.25) is 0 Å². The molecule has 106 valence electrons. The number of ether oxygens (including phenoxy) is 1. The first-order chi connectivity index (χ1) is 9.19. The van der Waals surface area contributed by atoms with Gasteiger partial charge in [0, 0.05) is 12.1 Å². The lowest BCUT2D eigenvalue weighted by Gasteiger charge is -2.22. The van der Waals surface area contributed by atoms with Crippen molar-refractivity contribution in [3.63, 3.8) is 0 Å². The summed E-state index contributed by atoms with van der Waals surface area (Å²) in [6.07, 6.45) is 6.76. The zero-order chi connectivity index (χ0) is 13.7. The highest BCUT2D eigenvalue weighted by Gasteiger charge is 2.18. The third kappa shape index (κ3) is 4.24. The second kappa shape index (κ2) is 6.95. The zero-order valence-electron chi connectivity index (χ0n) is 12.5. The summed E-state index contributed by atoms with van der Waals surface area (Å²) in [5.41, 5.74) is 1.32. The van der Waals surface area contributed by atoms with Crippen molar-refractivity contribution in [2.45, 2.75) is 58.0 Å². The van der Waals surface area contributed by atoms with Gasteiger partial charge in [0.15, 0.2) is 0 Å². The summed E-state index contributed by atoms with van der Waals surface area (Å²) in [7, 11) is 1.73. The van der Waals surface area contributed by atoms with E-state index >= 15 is 0 Å². The molecule has 19 heavy (non-hydrogen) atoms. The molecule has 1 aliphatic carbocycles. The van der Waals surface area contributed by atoms with Crippen LogP contribution in [0.1, 0.15) is 57.6 Å². The molecule has 1 N–H and O–H groups in total. The van der Waals surface area contributed by atoms with E-state index in [9.17, 15) is 0 Å². The van der Waals surface area contributed by atoms with E-state index in [4.69, 9.17) is 4.74 Å². The van der Waals surface area contributed by atoms with Crippen LogP contribution >= 0.6 is 0 Å². The average molecular weight is 261 g/mol. The lowest BCUT2D eigenvalue weighted by Crippen LogP contribution is -2.31. The molecule has 0 saturated heterocycles. The molecular formula is C17H27NO. The van der Waals surface area contributed by atoms with E-state index in [2.05, 4.69) is 37.4 Å². The largest absolute Gasteiger partial charge is 0.497 e. The molecule has 2 heteroatoms. The van der Waals surface area contributed by atoms with Gasteiger partial charge in [-0.05, 0) is 49.8 Å². The Bertz CT molecular complexity index is 391. The van der Waals surface area contributed by atoms with Gasteiger partial charge < -0.3 is 10.1 Å². The number of benzene rings is 1. The summed E-state index contributed by atoms with van der Waals surface area (Å²) >= 11 is 0. The Labute approximate surface area is 117 Å². The molecule has 0 heterocycles. The van der Waals surface area contributed by atoms with E-state index in [1.165, 1.54) is 37.7 Å². The van der Waals surface area contributed by atoms with E-state index in [1.807, 2.05) is 6.07 Å². The van der Waals surface area contributed by atoms with Gasteiger partial charge >= 0.3 is 0 Å². The van der Waals surface area contributed by atoms with E-state index in [0.717, 1.165) is 11.7 Å². The number of nitrogens with one attached hydrogen (secondary N) is 1. The van der Waals surface area contributed by atoms with Crippen LogP contribution in [0.25, 0.3) is 0 Å². The van der Waals surface area contributed by atoms with Crippen LogP contribution in [0.2, 0.25) is 0 Å². The molecule has 1 fully saturated rings. The third-order valence-corrected chi connectivity index (χ3v) is 4.34. The lowest BCUT2D eigenvalue weighted by molar-refractivity contribution is 0.400. The summed E-state index contributed by atoms with van der Waals surface area (Å²) in [5.74, 6) is 1.85. The van der Waals surface area contributed by atoms with E-state index in [0.29, 0.717) is 12.1 Å². The molecule has 0 radical (unpaired) electrons. The summed E-state index contributed by atoms with van der Waals surface area (Å²) in [6.45, 7) is 4.64. The highest BCUT2D eigenvalue weighted by Crippen LogP contribution is 2.25. The molecule has 0 amide bonds. The van der Waals surface area contributed by atoms with Crippen LogP contribution in [-0.2, 0) is 0 Å². The van der Waals surface area contributed by atoms with Crippen molar-refractivity contribution < 1.29 is 4.74 Å². The SMILES string of the molecule is COc1cccc([C@@H](C)NC2CCCC(C)CC2)c1. The maximum absolute atomic E-state index is 5.30. The second-order valence-corrected chi connectivity index (χ2v) is 5.98. The van der Waals surface area contributed by atoms with Gasteiger partial charge in [0.1, 0.15) is 5.75 Å². The van der Waals surface area contributed by atoms with Crippen molar-refractivity contribution in [3.8, 4) is 5.75 Å². The predicted octanol–water partition coefficient (Wildman–Crippen LogP) is 4.31. The van der Waals surface area contributed by atoms with Crippen LogP contribution in [0.15, 0.2) is 24.3 Å². The minimum atomic E-state index is 0.397. The second-order valence-electron chi connectivity index (χ2n) is 5.98. The molecular weight excluding hydrogens is 234 g/mol. The highest BCUT2D eigenvalue weighted by atomic mass is 16.5. The van der Waals surface area contributed by atoms with Gasteiger partial charge in [-0.15, -0.1) is 0 Å². The molecule has 2 nitrogen and oxygen atoms in total. The maximum Gasteiger partial charge on any atom is 0.119 e. The lowest BCUT2D eigenvalue weighted by atomic mass is 10.0. The molecule has 3 atom stereocenters. The predicted molar refractivity (Wildman–Crippen MR) is 80.6 cm³/mol. The number of hydrogen-bond acceptors (Lipinski definition) is 2. The molecule has 0 aliphatic heterocycles.